The van der Waals surface area contributed by atoms with Crippen LogP contribution in [0.5, 0.6) is 0 Å². The van der Waals surface area contributed by atoms with E-state index < -0.39 is 22.0 Å². The Balaban J connectivity index is 3.97. The fourth-order valence-electron chi connectivity index (χ4n) is 0.653. The van der Waals surface area contributed by atoms with Gasteiger partial charge in [0.2, 0.25) is 10.0 Å². The topological polar surface area (TPSA) is 98.5 Å². The van der Waals surface area contributed by atoms with Gasteiger partial charge < -0.3 is 10.5 Å². The number of hydrogen-bond acceptors (Lipinski definition) is 5. The van der Waals surface area contributed by atoms with Gasteiger partial charge in [0.25, 0.3) is 0 Å². The lowest BCUT2D eigenvalue weighted by atomic mass is 10.2. The maximum Gasteiger partial charge on any atom is 0.322 e. The molecule has 1 atom stereocenters. The summed E-state index contributed by atoms with van der Waals surface area (Å²) >= 11 is 0. The van der Waals surface area contributed by atoms with Gasteiger partial charge in [-0.15, -0.1) is 0 Å². The second-order valence-electron chi connectivity index (χ2n) is 2.44. The molecule has 0 fully saturated rings. The molecule has 0 radical (unpaired) electrons. The number of nitrogens with two attached hydrogens (primary N) is 1. The van der Waals surface area contributed by atoms with Crippen molar-refractivity contribution in [3.05, 3.63) is 0 Å². The van der Waals surface area contributed by atoms with Crippen LogP contribution in [0.1, 0.15) is 6.42 Å². The normalized spacial score (nSPS) is 13.8. The van der Waals surface area contributed by atoms with Crippen molar-refractivity contribution in [1.82, 2.24) is 4.72 Å². The van der Waals surface area contributed by atoms with Gasteiger partial charge in [-0.25, -0.2) is 13.1 Å². The Morgan fingerprint density at radius 1 is 1.62 bits per heavy atom. The van der Waals surface area contributed by atoms with Gasteiger partial charge >= 0.3 is 5.97 Å². The third-order valence-electron chi connectivity index (χ3n) is 1.51. The molecule has 0 aromatic heterocycles. The summed E-state index contributed by atoms with van der Waals surface area (Å²) in [7, 11) is -0.786. The number of rotatable bonds is 5. The van der Waals surface area contributed by atoms with Crippen LogP contribution in [0.25, 0.3) is 0 Å². The van der Waals surface area contributed by atoms with Crippen LogP contribution >= 0.6 is 0 Å². The molecule has 7 heteroatoms. The van der Waals surface area contributed by atoms with Crippen LogP contribution in [-0.2, 0) is 19.6 Å². The molecule has 0 rings (SSSR count). The van der Waals surface area contributed by atoms with Crippen LogP contribution < -0.4 is 10.5 Å². The van der Waals surface area contributed by atoms with Gasteiger partial charge in [0.1, 0.15) is 6.04 Å². The van der Waals surface area contributed by atoms with Gasteiger partial charge in [-0.1, -0.05) is 0 Å². The van der Waals surface area contributed by atoms with Crippen LogP contribution in [0.15, 0.2) is 0 Å². The predicted molar refractivity (Wildman–Crippen MR) is 47.5 cm³/mol. The molecular weight excluding hydrogens is 196 g/mol. The third-order valence-corrected chi connectivity index (χ3v) is 2.91. The lowest BCUT2D eigenvalue weighted by Gasteiger charge is -2.08. The number of ether oxygens (including phenoxy) is 1. The Labute approximate surface area is 77.5 Å². The summed E-state index contributed by atoms with van der Waals surface area (Å²) in [6, 6.07) is -0.881. The first-order valence-electron chi connectivity index (χ1n) is 3.67. The molecule has 0 aliphatic rings. The van der Waals surface area contributed by atoms with Crippen LogP contribution in [-0.4, -0.2) is 40.3 Å². The molecule has 0 aliphatic carbocycles. The minimum atomic E-state index is -3.29. The summed E-state index contributed by atoms with van der Waals surface area (Å²) in [6.07, 6.45) is 0.0514. The van der Waals surface area contributed by atoms with E-state index >= 15 is 0 Å². The van der Waals surface area contributed by atoms with E-state index in [9.17, 15) is 13.2 Å². The number of esters is 1. The van der Waals surface area contributed by atoms with Crippen molar-refractivity contribution in [1.29, 1.82) is 0 Å². The van der Waals surface area contributed by atoms with Crippen molar-refractivity contribution in [2.45, 2.75) is 12.5 Å². The average molecular weight is 210 g/mol. The molecule has 0 saturated heterocycles. The minimum Gasteiger partial charge on any atom is -0.468 e. The number of nitrogens with one attached hydrogen (secondary N) is 1. The van der Waals surface area contributed by atoms with E-state index in [0.717, 1.165) is 0 Å². The summed E-state index contributed by atoms with van der Waals surface area (Å²) in [5, 5.41) is 0. The number of carbonyl (C=O) groups excluding carboxylic acids is 1. The second kappa shape index (κ2) is 5.15. The first-order chi connectivity index (χ1) is 5.93. The quantitative estimate of drug-likeness (QED) is 0.534. The van der Waals surface area contributed by atoms with Crippen LogP contribution in [0, 0.1) is 0 Å². The summed E-state index contributed by atoms with van der Waals surface area (Å²) in [5.74, 6) is -0.786. The number of carbonyl (C=O) groups is 1. The van der Waals surface area contributed by atoms with Gasteiger partial charge in [-0.3, -0.25) is 4.79 Å². The fraction of sp³-hybridized carbons (Fsp3) is 0.833. The molecule has 0 heterocycles. The number of methoxy groups -OCH3 is 1. The molecule has 0 spiro atoms. The molecule has 0 bridgehead atoms. The molecule has 78 valence electrons. The maximum atomic E-state index is 10.9. The zero-order valence-corrected chi connectivity index (χ0v) is 8.43. The lowest BCUT2D eigenvalue weighted by Crippen LogP contribution is -2.35. The first kappa shape index (κ1) is 12.3. The highest BCUT2D eigenvalue weighted by molar-refractivity contribution is 7.89. The van der Waals surface area contributed by atoms with E-state index in [4.69, 9.17) is 5.73 Å². The monoisotopic (exact) mass is 210 g/mol. The van der Waals surface area contributed by atoms with Crippen molar-refractivity contribution >= 4 is 16.0 Å². The van der Waals surface area contributed by atoms with Gasteiger partial charge in [0.15, 0.2) is 0 Å². The molecule has 3 N–H and O–H groups in total. The summed E-state index contributed by atoms with van der Waals surface area (Å²) in [5.41, 5.74) is 5.32. The van der Waals surface area contributed by atoms with Gasteiger partial charge in [0.05, 0.1) is 12.9 Å². The molecule has 1 unspecified atom stereocenters. The zero-order chi connectivity index (χ0) is 10.5. The van der Waals surface area contributed by atoms with Crippen molar-refractivity contribution in [2.75, 3.05) is 19.9 Å². The van der Waals surface area contributed by atoms with Crippen molar-refractivity contribution in [2.24, 2.45) is 5.73 Å². The van der Waals surface area contributed by atoms with E-state index in [1.165, 1.54) is 14.2 Å². The Kier molecular flexibility index (Phi) is 4.89. The summed E-state index contributed by atoms with van der Waals surface area (Å²) < 4.78 is 28.2. The van der Waals surface area contributed by atoms with E-state index in [1.807, 2.05) is 0 Å². The molecule has 0 aliphatic heterocycles. The zero-order valence-electron chi connectivity index (χ0n) is 7.61. The third kappa shape index (κ3) is 4.81. The van der Waals surface area contributed by atoms with Crippen molar-refractivity contribution < 1.29 is 17.9 Å². The maximum absolute atomic E-state index is 10.9. The van der Waals surface area contributed by atoms with E-state index in [-0.39, 0.29) is 12.2 Å². The largest absolute Gasteiger partial charge is 0.468 e. The molecule has 0 aromatic carbocycles. The highest BCUT2D eigenvalue weighted by Crippen LogP contribution is 1.95. The van der Waals surface area contributed by atoms with Crippen molar-refractivity contribution in [3.8, 4) is 0 Å². The fourth-order valence-corrected chi connectivity index (χ4v) is 1.42. The predicted octanol–water partition coefficient (Wildman–Crippen LogP) is -1.57. The highest BCUT2D eigenvalue weighted by Gasteiger charge is 2.17. The molecule has 0 amide bonds. The molecule has 0 saturated carbocycles. The Hall–Kier alpha value is -0.660. The smallest absolute Gasteiger partial charge is 0.322 e. The highest BCUT2D eigenvalue weighted by atomic mass is 32.2. The van der Waals surface area contributed by atoms with Crippen molar-refractivity contribution in [3.63, 3.8) is 0 Å². The van der Waals surface area contributed by atoms with E-state index in [0.29, 0.717) is 0 Å². The standard InChI is InChI=1S/C6H14N2O4S/c1-8-13(10,11)4-3-5(7)6(9)12-2/h5,8H,3-4,7H2,1-2H3. The summed E-state index contributed by atoms with van der Waals surface area (Å²) in [6.45, 7) is 0. The van der Waals surface area contributed by atoms with Crippen LogP contribution in [0.4, 0.5) is 0 Å². The van der Waals surface area contributed by atoms with Gasteiger partial charge in [0, 0.05) is 0 Å². The Morgan fingerprint density at radius 3 is 2.54 bits per heavy atom. The first-order valence-corrected chi connectivity index (χ1v) is 5.33. The second-order valence-corrected chi connectivity index (χ2v) is 4.49. The van der Waals surface area contributed by atoms with E-state index in [1.54, 1.807) is 0 Å². The molecule has 6 nitrogen and oxygen atoms in total. The molecule has 13 heavy (non-hydrogen) atoms. The van der Waals surface area contributed by atoms with E-state index in [2.05, 4.69) is 9.46 Å². The Morgan fingerprint density at radius 2 is 2.15 bits per heavy atom. The SMILES string of the molecule is CNS(=O)(=O)CCC(N)C(=O)OC. The summed E-state index contributed by atoms with van der Waals surface area (Å²) in [4.78, 5) is 10.8. The minimum absolute atomic E-state index is 0.0514. The average Bonchev–Trinajstić information content (AvgIpc) is 2.13. The number of sulfonamides is 1. The van der Waals surface area contributed by atoms with Crippen LogP contribution in [0.2, 0.25) is 0 Å². The Bertz CT molecular complexity index is 262. The van der Waals surface area contributed by atoms with Gasteiger partial charge in [-0.05, 0) is 13.5 Å². The van der Waals surface area contributed by atoms with Crippen LogP contribution in [0.3, 0.4) is 0 Å². The lowest BCUT2D eigenvalue weighted by molar-refractivity contribution is -0.142. The molecular formula is C6H14N2O4S. The molecule has 0 aromatic rings. The van der Waals surface area contributed by atoms with Gasteiger partial charge in [-0.2, -0.15) is 0 Å². The number of hydrogen-bond donors (Lipinski definition) is 2.